The molecule has 26 heavy (non-hydrogen) atoms. The molecule has 5 nitrogen and oxygen atoms in total. The number of nitrogens with one attached hydrogen (secondary N) is 2. The fraction of sp³-hybridized carbons (Fsp3) is 0.750. The first-order chi connectivity index (χ1) is 12.8. The van der Waals surface area contributed by atoms with Crippen molar-refractivity contribution < 1.29 is 4.74 Å². The summed E-state index contributed by atoms with van der Waals surface area (Å²) in [6.07, 6.45) is 6.95. The van der Waals surface area contributed by atoms with E-state index in [1.807, 2.05) is 11.3 Å². The molecular weight excluding hydrogens is 344 g/mol. The Morgan fingerprint density at radius 3 is 2.85 bits per heavy atom. The zero-order valence-corrected chi connectivity index (χ0v) is 16.6. The molecule has 4 heterocycles. The number of thiophene rings is 1. The van der Waals surface area contributed by atoms with Crippen molar-refractivity contribution in [3.8, 4) is 0 Å². The van der Waals surface area contributed by atoms with E-state index in [2.05, 4.69) is 40.0 Å². The first-order valence-electron chi connectivity index (χ1n) is 10.2. The highest BCUT2D eigenvalue weighted by Crippen LogP contribution is 2.34. The summed E-state index contributed by atoms with van der Waals surface area (Å²) < 4.78 is 5.96. The predicted octanol–water partition coefficient (Wildman–Crippen LogP) is 2.84. The van der Waals surface area contributed by atoms with Gasteiger partial charge in [-0.15, -0.1) is 11.3 Å². The van der Waals surface area contributed by atoms with Gasteiger partial charge in [0.1, 0.15) is 0 Å². The molecule has 0 radical (unpaired) electrons. The summed E-state index contributed by atoms with van der Waals surface area (Å²) in [5, 5.41) is 9.23. The van der Waals surface area contributed by atoms with E-state index in [-0.39, 0.29) is 0 Å². The van der Waals surface area contributed by atoms with Crippen molar-refractivity contribution in [3.63, 3.8) is 0 Å². The third kappa shape index (κ3) is 4.59. The van der Waals surface area contributed by atoms with Crippen LogP contribution in [0.15, 0.2) is 22.5 Å². The summed E-state index contributed by atoms with van der Waals surface area (Å²) in [5.41, 5.74) is 0. The molecule has 3 unspecified atom stereocenters. The van der Waals surface area contributed by atoms with Crippen molar-refractivity contribution in [3.05, 3.63) is 22.4 Å². The van der Waals surface area contributed by atoms with Crippen LogP contribution in [-0.4, -0.2) is 55.3 Å². The number of hydrogen-bond donors (Lipinski definition) is 2. The Labute approximate surface area is 161 Å². The van der Waals surface area contributed by atoms with Crippen molar-refractivity contribution in [1.82, 2.24) is 15.5 Å². The normalized spacial score (nSPS) is 30.0. The zero-order chi connectivity index (χ0) is 17.8. The number of guanidine groups is 1. The van der Waals surface area contributed by atoms with Gasteiger partial charge in [-0.3, -0.25) is 9.89 Å². The maximum Gasteiger partial charge on any atom is 0.191 e. The fourth-order valence-corrected chi connectivity index (χ4v) is 5.20. The highest BCUT2D eigenvalue weighted by Gasteiger charge is 2.41. The number of hydrogen-bond acceptors (Lipinski definition) is 4. The average Bonchev–Trinajstić information content (AvgIpc) is 3.39. The molecular formula is C20H32N4OS. The van der Waals surface area contributed by atoms with Crippen LogP contribution in [0, 0.1) is 5.92 Å². The second kappa shape index (κ2) is 8.72. The number of aliphatic imine (C=N–C) groups is 1. The summed E-state index contributed by atoms with van der Waals surface area (Å²) in [4.78, 5) is 8.97. The van der Waals surface area contributed by atoms with Gasteiger partial charge in [-0.05, 0) is 69.5 Å². The van der Waals surface area contributed by atoms with Crippen LogP contribution >= 0.6 is 11.3 Å². The Balaban J connectivity index is 1.23. The number of fused-ring (bicyclic) bond motifs is 2. The molecule has 4 rings (SSSR count). The Kier molecular flexibility index (Phi) is 6.12. The molecule has 0 spiro atoms. The molecule has 3 fully saturated rings. The first kappa shape index (κ1) is 18.3. The van der Waals surface area contributed by atoms with Crippen molar-refractivity contribution in [2.45, 2.75) is 63.8 Å². The Morgan fingerprint density at radius 1 is 1.31 bits per heavy atom. The van der Waals surface area contributed by atoms with Gasteiger partial charge in [0.2, 0.25) is 0 Å². The minimum absolute atomic E-state index is 0.393. The standard InChI is InChI=1S/C20H32N4OS/c1-2-21-20(23-18-12-16-5-6-19(18)25-16)22-13-15-7-9-24(10-8-15)14-17-4-3-11-26-17/h3-4,11,15-16,18-19H,2,5-10,12-14H2,1H3,(H2,21,22,23). The highest BCUT2D eigenvalue weighted by molar-refractivity contribution is 7.09. The van der Waals surface area contributed by atoms with Gasteiger partial charge >= 0.3 is 0 Å². The summed E-state index contributed by atoms with van der Waals surface area (Å²) in [6.45, 7) is 7.49. The molecule has 0 amide bonds. The lowest BCUT2D eigenvalue weighted by Crippen LogP contribution is -2.47. The smallest absolute Gasteiger partial charge is 0.191 e. The molecule has 3 aliphatic heterocycles. The molecule has 1 aromatic rings. The lowest BCUT2D eigenvalue weighted by Gasteiger charge is -2.31. The fourth-order valence-electron chi connectivity index (χ4n) is 4.46. The number of nitrogens with zero attached hydrogens (tertiary/aromatic N) is 2. The Hall–Kier alpha value is -1.11. The van der Waals surface area contributed by atoms with Gasteiger partial charge in [-0.25, -0.2) is 0 Å². The Bertz CT molecular complexity index is 583. The lowest BCUT2D eigenvalue weighted by molar-refractivity contribution is 0.0992. The van der Waals surface area contributed by atoms with Crippen LogP contribution in [0.4, 0.5) is 0 Å². The second-order valence-electron chi connectivity index (χ2n) is 7.88. The number of likely N-dealkylation sites (tertiary alicyclic amines) is 1. The van der Waals surface area contributed by atoms with Crippen molar-refractivity contribution >= 4 is 17.3 Å². The second-order valence-corrected chi connectivity index (χ2v) is 8.91. The van der Waals surface area contributed by atoms with E-state index in [1.54, 1.807) is 0 Å². The van der Waals surface area contributed by atoms with Crippen LogP contribution in [0.25, 0.3) is 0 Å². The minimum atomic E-state index is 0.393. The molecule has 0 aliphatic carbocycles. The van der Waals surface area contributed by atoms with E-state index < -0.39 is 0 Å². The predicted molar refractivity (Wildman–Crippen MR) is 108 cm³/mol. The van der Waals surface area contributed by atoms with Crippen LogP contribution in [0.5, 0.6) is 0 Å². The largest absolute Gasteiger partial charge is 0.373 e. The molecule has 6 heteroatoms. The molecule has 2 bridgehead atoms. The molecule has 2 N–H and O–H groups in total. The third-order valence-electron chi connectivity index (χ3n) is 5.95. The number of rotatable bonds is 6. The van der Waals surface area contributed by atoms with E-state index in [4.69, 9.17) is 9.73 Å². The summed E-state index contributed by atoms with van der Waals surface area (Å²) in [7, 11) is 0. The average molecular weight is 377 g/mol. The van der Waals surface area contributed by atoms with Gasteiger partial charge in [-0.1, -0.05) is 6.07 Å². The van der Waals surface area contributed by atoms with Crippen LogP contribution < -0.4 is 10.6 Å². The quantitative estimate of drug-likeness (QED) is 0.592. The molecule has 3 saturated heterocycles. The van der Waals surface area contributed by atoms with Gasteiger partial charge in [0.25, 0.3) is 0 Å². The van der Waals surface area contributed by atoms with Crippen LogP contribution in [0.3, 0.4) is 0 Å². The minimum Gasteiger partial charge on any atom is -0.373 e. The van der Waals surface area contributed by atoms with Crippen molar-refractivity contribution in [1.29, 1.82) is 0 Å². The van der Waals surface area contributed by atoms with E-state index >= 15 is 0 Å². The molecule has 144 valence electrons. The van der Waals surface area contributed by atoms with Crippen molar-refractivity contribution in [2.24, 2.45) is 10.9 Å². The van der Waals surface area contributed by atoms with Gasteiger partial charge in [0, 0.05) is 24.5 Å². The first-order valence-corrected chi connectivity index (χ1v) is 11.1. The molecule has 1 aromatic heterocycles. The maximum absolute atomic E-state index is 5.96. The topological polar surface area (TPSA) is 48.9 Å². The SMILES string of the molecule is CCNC(=NCC1CCN(Cc2cccs2)CC1)NC1CC2CCC1O2. The monoisotopic (exact) mass is 376 g/mol. The third-order valence-corrected chi connectivity index (χ3v) is 6.81. The zero-order valence-electron chi connectivity index (χ0n) is 15.8. The van der Waals surface area contributed by atoms with Gasteiger partial charge in [0.15, 0.2) is 5.96 Å². The molecule has 3 atom stereocenters. The summed E-state index contributed by atoms with van der Waals surface area (Å²) in [5.74, 6) is 1.69. The molecule has 0 saturated carbocycles. The molecule has 0 aromatic carbocycles. The van der Waals surface area contributed by atoms with E-state index in [9.17, 15) is 0 Å². The Morgan fingerprint density at radius 2 is 2.19 bits per heavy atom. The van der Waals surface area contributed by atoms with Crippen molar-refractivity contribution in [2.75, 3.05) is 26.2 Å². The van der Waals surface area contributed by atoms with E-state index in [1.165, 1.54) is 43.6 Å². The number of piperidine rings is 1. The van der Waals surface area contributed by atoms with Crippen LogP contribution in [0.2, 0.25) is 0 Å². The number of ether oxygens (including phenoxy) is 1. The molecule has 3 aliphatic rings. The van der Waals surface area contributed by atoms with E-state index in [0.29, 0.717) is 24.2 Å². The lowest BCUT2D eigenvalue weighted by atomic mass is 9.95. The summed E-state index contributed by atoms with van der Waals surface area (Å²) >= 11 is 1.87. The van der Waals surface area contributed by atoms with Gasteiger partial charge in [0.05, 0.1) is 18.2 Å². The van der Waals surface area contributed by atoms with Crippen LogP contribution in [-0.2, 0) is 11.3 Å². The highest BCUT2D eigenvalue weighted by atomic mass is 32.1. The maximum atomic E-state index is 5.96. The van der Waals surface area contributed by atoms with Gasteiger partial charge in [-0.2, -0.15) is 0 Å². The summed E-state index contributed by atoms with van der Waals surface area (Å²) in [6, 6.07) is 4.84. The van der Waals surface area contributed by atoms with Gasteiger partial charge < -0.3 is 15.4 Å². The van der Waals surface area contributed by atoms with Crippen LogP contribution in [0.1, 0.15) is 43.9 Å². The van der Waals surface area contributed by atoms with E-state index in [0.717, 1.165) is 32.0 Å².